The summed E-state index contributed by atoms with van der Waals surface area (Å²) in [6.45, 7) is 12.0. The molecule has 1 amide bonds. The zero-order chi connectivity index (χ0) is 25.1. The minimum absolute atomic E-state index is 0.0700. The van der Waals surface area contributed by atoms with Gasteiger partial charge < -0.3 is 9.84 Å². The van der Waals surface area contributed by atoms with E-state index in [1.807, 2.05) is 71.9 Å². The highest BCUT2D eigenvalue weighted by Gasteiger charge is 2.39. The van der Waals surface area contributed by atoms with E-state index >= 15 is 0 Å². The fourth-order valence-electron chi connectivity index (χ4n) is 4.84. The average Bonchev–Trinajstić information content (AvgIpc) is 2.75. The lowest BCUT2D eigenvalue weighted by atomic mass is 9.87. The van der Waals surface area contributed by atoms with Gasteiger partial charge in [-0.3, -0.25) is 14.9 Å². The van der Waals surface area contributed by atoms with E-state index in [1.54, 1.807) is 18.6 Å². The third-order valence-electron chi connectivity index (χ3n) is 5.79. The Labute approximate surface area is 201 Å². The highest BCUT2D eigenvalue weighted by molar-refractivity contribution is 5.93. The van der Waals surface area contributed by atoms with E-state index < -0.39 is 17.2 Å². The van der Waals surface area contributed by atoms with E-state index in [0.29, 0.717) is 24.3 Å². The molecule has 0 bridgehead atoms. The number of fused-ring (bicyclic) bond motifs is 1. The van der Waals surface area contributed by atoms with E-state index in [0.717, 1.165) is 22.0 Å². The van der Waals surface area contributed by atoms with Gasteiger partial charge in [-0.25, -0.2) is 4.79 Å². The molecule has 1 atom stereocenters. The molecule has 3 rings (SSSR count). The maximum atomic E-state index is 11.9. The lowest BCUT2D eigenvalue weighted by molar-refractivity contribution is 0.0187. The number of rotatable bonds is 7. The van der Waals surface area contributed by atoms with Crippen molar-refractivity contribution in [2.45, 2.75) is 59.0 Å². The number of hydrogen-bond donors (Lipinski definition) is 1. The molecular weight excluding hydrogens is 428 g/mol. The summed E-state index contributed by atoms with van der Waals surface area (Å²) in [4.78, 5) is 22.0. The lowest BCUT2D eigenvalue weighted by Crippen LogP contribution is -2.57. The van der Waals surface area contributed by atoms with Gasteiger partial charge in [0.2, 0.25) is 0 Å². The first-order valence-electron chi connectivity index (χ1n) is 11.3. The van der Waals surface area contributed by atoms with Crippen molar-refractivity contribution >= 4 is 17.0 Å². The highest BCUT2D eigenvalue weighted by atomic mass is 16.5. The number of aromatic nitrogens is 2. The number of benzene rings is 1. The molecule has 0 saturated carbocycles. The van der Waals surface area contributed by atoms with Gasteiger partial charge in [-0.2, -0.15) is 5.26 Å². The first-order chi connectivity index (χ1) is 15.9. The molecule has 0 aliphatic rings. The third-order valence-corrected chi connectivity index (χ3v) is 5.79. The van der Waals surface area contributed by atoms with Gasteiger partial charge in [0.05, 0.1) is 17.7 Å². The Hall–Kier alpha value is -3.66. The molecule has 1 unspecified atom stereocenters. The van der Waals surface area contributed by atoms with E-state index in [-0.39, 0.29) is 5.92 Å². The van der Waals surface area contributed by atoms with E-state index in [2.05, 4.69) is 16.0 Å². The van der Waals surface area contributed by atoms with Gasteiger partial charge in [-0.15, -0.1) is 0 Å². The van der Waals surface area contributed by atoms with E-state index in [9.17, 15) is 15.2 Å². The maximum Gasteiger partial charge on any atom is 0.408 e. The number of amides is 1. The largest absolute Gasteiger partial charge is 0.492 e. The molecule has 2 aromatic heterocycles. The van der Waals surface area contributed by atoms with Crippen molar-refractivity contribution in [1.29, 1.82) is 5.26 Å². The van der Waals surface area contributed by atoms with Crippen molar-refractivity contribution in [3.05, 3.63) is 54.5 Å². The second-order valence-corrected chi connectivity index (χ2v) is 10.3. The predicted molar refractivity (Wildman–Crippen MR) is 133 cm³/mol. The second-order valence-electron chi connectivity index (χ2n) is 10.3. The van der Waals surface area contributed by atoms with Crippen LogP contribution in [0.25, 0.3) is 22.0 Å². The number of nitriles is 1. The average molecular weight is 461 g/mol. The molecule has 178 valence electrons. The fraction of sp³-hybridized carbons (Fsp3) is 0.407. The number of nitrogens with zero attached hydrogens (tertiary/aromatic N) is 4. The first kappa shape index (κ1) is 25.0. The number of carboxylic acid groups (broad SMARTS) is 1. The summed E-state index contributed by atoms with van der Waals surface area (Å²) < 4.78 is 6.03. The summed E-state index contributed by atoms with van der Waals surface area (Å²) >= 11 is 0. The van der Waals surface area contributed by atoms with Crippen molar-refractivity contribution in [2.75, 3.05) is 6.61 Å². The Kier molecular flexibility index (Phi) is 7.11. The topological polar surface area (TPSA) is 99.3 Å². The Morgan fingerprint density at radius 2 is 1.91 bits per heavy atom. The van der Waals surface area contributed by atoms with Crippen LogP contribution in [0.1, 0.15) is 53.5 Å². The Morgan fingerprint density at radius 1 is 1.18 bits per heavy atom. The molecule has 7 nitrogen and oxygen atoms in total. The summed E-state index contributed by atoms with van der Waals surface area (Å²) in [7, 11) is 0. The SMILES string of the molecule is CC(COc1ccc(-c2ccnc3ccncc23)cc1C#N)CC(C)(C)N(C(=O)O)C(C)(C)C. The van der Waals surface area contributed by atoms with Gasteiger partial charge in [0, 0.05) is 35.1 Å². The van der Waals surface area contributed by atoms with Crippen molar-refractivity contribution in [3.8, 4) is 22.9 Å². The molecule has 1 N–H and O–H groups in total. The Balaban J connectivity index is 1.77. The van der Waals surface area contributed by atoms with Crippen LogP contribution in [0.5, 0.6) is 5.75 Å². The summed E-state index contributed by atoms with van der Waals surface area (Å²) in [6, 6.07) is 11.6. The van der Waals surface area contributed by atoms with Crippen LogP contribution < -0.4 is 4.74 Å². The zero-order valence-corrected chi connectivity index (χ0v) is 20.7. The lowest BCUT2D eigenvalue weighted by Gasteiger charge is -2.46. The van der Waals surface area contributed by atoms with Crippen LogP contribution in [-0.4, -0.2) is 43.8 Å². The summed E-state index contributed by atoms with van der Waals surface area (Å²) in [5, 5.41) is 20.4. The first-order valence-corrected chi connectivity index (χ1v) is 11.3. The van der Waals surface area contributed by atoms with Gasteiger partial charge in [0.15, 0.2) is 0 Å². The van der Waals surface area contributed by atoms with Crippen molar-refractivity contribution < 1.29 is 14.6 Å². The van der Waals surface area contributed by atoms with E-state index in [1.165, 1.54) is 4.90 Å². The standard InChI is InChI=1S/C27H32N4O3/c1-18(14-27(5,6)31(25(32)33)26(2,3)4)17-34-24-8-7-19(13-20(24)15-28)21-9-12-30-23-10-11-29-16-22(21)23/h7-13,16,18H,14,17H2,1-6H3,(H,32,33). The molecule has 1 aromatic carbocycles. The minimum Gasteiger partial charge on any atom is -0.492 e. The van der Waals surface area contributed by atoms with Crippen LogP contribution in [0.3, 0.4) is 0 Å². The van der Waals surface area contributed by atoms with Gasteiger partial charge >= 0.3 is 6.09 Å². The maximum absolute atomic E-state index is 11.9. The quantitative estimate of drug-likeness (QED) is 0.455. The molecule has 0 fully saturated rings. The van der Waals surface area contributed by atoms with Gasteiger partial charge in [0.1, 0.15) is 11.8 Å². The fourth-order valence-corrected chi connectivity index (χ4v) is 4.84. The van der Waals surface area contributed by atoms with Crippen LogP contribution in [0.15, 0.2) is 48.9 Å². The van der Waals surface area contributed by atoms with Crippen LogP contribution in [-0.2, 0) is 0 Å². The van der Waals surface area contributed by atoms with E-state index in [4.69, 9.17) is 4.74 Å². The Morgan fingerprint density at radius 3 is 2.56 bits per heavy atom. The Bertz CT molecular complexity index is 1220. The minimum atomic E-state index is -0.938. The molecule has 3 aromatic rings. The molecule has 34 heavy (non-hydrogen) atoms. The molecule has 0 saturated heterocycles. The van der Waals surface area contributed by atoms with Gasteiger partial charge in [-0.1, -0.05) is 13.0 Å². The molecule has 0 spiro atoms. The van der Waals surface area contributed by atoms with Crippen molar-refractivity contribution in [1.82, 2.24) is 14.9 Å². The molecule has 0 radical (unpaired) electrons. The number of carbonyl (C=O) groups is 1. The number of pyridine rings is 2. The van der Waals surface area contributed by atoms with Crippen molar-refractivity contribution in [3.63, 3.8) is 0 Å². The highest BCUT2D eigenvalue weighted by Crippen LogP contribution is 2.33. The summed E-state index contributed by atoms with van der Waals surface area (Å²) in [5.74, 6) is 0.582. The van der Waals surface area contributed by atoms with Gasteiger partial charge in [0.25, 0.3) is 0 Å². The molecular formula is C27H32N4O3. The predicted octanol–water partition coefficient (Wildman–Crippen LogP) is 6.13. The van der Waals surface area contributed by atoms with Crippen molar-refractivity contribution in [2.24, 2.45) is 5.92 Å². The monoisotopic (exact) mass is 460 g/mol. The normalized spacial score (nSPS) is 12.7. The smallest absolute Gasteiger partial charge is 0.408 e. The summed E-state index contributed by atoms with van der Waals surface area (Å²) in [5.41, 5.74) is 2.03. The van der Waals surface area contributed by atoms with Gasteiger partial charge in [-0.05, 0) is 82.3 Å². The number of ether oxygens (including phenoxy) is 1. The van der Waals surface area contributed by atoms with Crippen LogP contribution in [0.2, 0.25) is 0 Å². The molecule has 2 heterocycles. The zero-order valence-electron chi connectivity index (χ0n) is 20.7. The van der Waals surface area contributed by atoms with Crippen LogP contribution in [0.4, 0.5) is 4.79 Å². The number of hydrogen-bond acceptors (Lipinski definition) is 5. The molecule has 0 aliphatic heterocycles. The second kappa shape index (κ2) is 9.68. The molecule has 7 heteroatoms. The third kappa shape index (κ3) is 5.45. The summed E-state index contributed by atoms with van der Waals surface area (Å²) in [6.07, 6.45) is 4.90. The van der Waals surface area contributed by atoms with Crippen LogP contribution >= 0.6 is 0 Å². The van der Waals surface area contributed by atoms with Crippen LogP contribution in [0, 0.1) is 17.2 Å². The molecule has 0 aliphatic carbocycles.